The van der Waals surface area contributed by atoms with E-state index in [4.69, 9.17) is 0 Å². The van der Waals surface area contributed by atoms with Crippen LogP contribution in [0.5, 0.6) is 0 Å². The maximum absolute atomic E-state index is 12.2. The van der Waals surface area contributed by atoms with Gasteiger partial charge in [-0.25, -0.2) is 13.1 Å². The Morgan fingerprint density at radius 2 is 1.75 bits per heavy atom. The molecular weight excluding hydrogens is 372 g/mol. The fourth-order valence-electron chi connectivity index (χ4n) is 2.74. The largest absolute Gasteiger partial charge is 0.323 e. The van der Waals surface area contributed by atoms with Crippen LogP contribution in [-0.2, 0) is 21.2 Å². The molecule has 28 heavy (non-hydrogen) atoms. The van der Waals surface area contributed by atoms with Gasteiger partial charge in [-0.15, -0.1) is 0 Å². The van der Waals surface area contributed by atoms with Gasteiger partial charge in [-0.3, -0.25) is 4.79 Å². The zero-order chi connectivity index (χ0) is 20.0. The molecule has 1 fully saturated rings. The van der Waals surface area contributed by atoms with E-state index in [1.54, 1.807) is 30.3 Å². The predicted molar refractivity (Wildman–Crippen MR) is 113 cm³/mol. The molecule has 2 aromatic rings. The molecule has 5 nitrogen and oxygen atoms in total. The van der Waals surface area contributed by atoms with Crippen LogP contribution in [0.25, 0.3) is 6.08 Å². The lowest BCUT2D eigenvalue weighted by molar-refractivity contribution is -0.111. The number of anilines is 1. The Hall–Kier alpha value is -2.44. The lowest BCUT2D eigenvalue weighted by Crippen LogP contribution is -2.25. The SMILES string of the molecule is CCCCc1ccc(NC(=O)/C=C/c2ccc(S(=O)(=O)NC3CC3)cc2)cc1. The number of rotatable bonds is 9. The molecule has 2 aromatic carbocycles. The average Bonchev–Trinajstić information content (AvgIpc) is 3.49. The van der Waals surface area contributed by atoms with Gasteiger partial charge >= 0.3 is 0 Å². The van der Waals surface area contributed by atoms with E-state index in [1.807, 2.05) is 24.3 Å². The molecule has 1 amide bonds. The van der Waals surface area contributed by atoms with Crippen molar-refractivity contribution in [3.8, 4) is 0 Å². The summed E-state index contributed by atoms with van der Waals surface area (Å²) in [7, 11) is -3.45. The zero-order valence-electron chi connectivity index (χ0n) is 16.0. The van der Waals surface area contributed by atoms with Gasteiger partial charge in [-0.05, 0) is 67.2 Å². The molecule has 0 radical (unpaired) electrons. The zero-order valence-corrected chi connectivity index (χ0v) is 16.8. The lowest BCUT2D eigenvalue weighted by atomic mass is 10.1. The highest BCUT2D eigenvalue weighted by molar-refractivity contribution is 7.89. The van der Waals surface area contributed by atoms with Crippen molar-refractivity contribution >= 4 is 27.7 Å². The number of unbranched alkanes of at least 4 members (excludes halogenated alkanes) is 1. The van der Waals surface area contributed by atoms with Gasteiger partial charge in [0, 0.05) is 17.8 Å². The standard InChI is InChI=1S/C22H26N2O3S/c1-2-3-4-17-5-10-19(11-6-17)23-22(25)16-9-18-7-14-21(15-8-18)28(26,27)24-20-12-13-20/h5-11,14-16,20,24H,2-4,12-13H2,1H3,(H,23,25)/b16-9+. The van der Waals surface area contributed by atoms with Crippen molar-refractivity contribution in [1.29, 1.82) is 0 Å². The van der Waals surface area contributed by atoms with Gasteiger partial charge in [0.15, 0.2) is 0 Å². The third-order valence-corrected chi connectivity index (χ3v) is 6.09. The number of carbonyl (C=O) groups excluding carboxylic acids is 1. The Balaban J connectivity index is 1.55. The van der Waals surface area contributed by atoms with Crippen LogP contribution in [-0.4, -0.2) is 20.4 Å². The summed E-state index contributed by atoms with van der Waals surface area (Å²) in [6.07, 6.45) is 8.27. The molecule has 0 aromatic heterocycles. The molecule has 1 aliphatic rings. The molecule has 0 atom stereocenters. The summed E-state index contributed by atoms with van der Waals surface area (Å²) in [5.74, 6) is -0.228. The summed E-state index contributed by atoms with van der Waals surface area (Å²) in [5.41, 5.74) is 2.78. The van der Waals surface area contributed by atoms with Crippen molar-refractivity contribution in [2.45, 2.75) is 50.0 Å². The van der Waals surface area contributed by atoms with Crippen molar-refractivity contribution in [3.05, 3.63) is 65.7 Å². The highest BCUT2D eigenvalue weighted by atomic mass is 32.2. The van der Waals surface area contributed by atoms with E-state index in [0.717, 1.165) is 43.4 Å². The van der Waals surface area contributed by atoms with Crippen molar-refractivity contribution in [2.24, 2.45) is 0 Å². The van der Waals surface area contributed by atoms with Gasteiger partial charge in [0.1, 0.15) is 0 Å². The van der Waals surface area contributed by atoms with Crippen LogP contribution in [0.1, 0.15) is 43.7 Å². The second kappa shape index (κ2) is 9.17. The molecule has 1 aliphatic carbocycles. The van der Waals surface area contributed by atoms with Crippen LogP contribution in [0.4, 0.5) is 5.69 Å². The lowest BCUT2D eigenvalue weighted by Gasteiger charge is -2.06. The normalized spacial score (nSPS) is 14.3. The van der Waals surface area contributed by atoms with Crippen molar-refractivity contribution in [2.75, 3.05) is 5.32 Å². The molecule has 0 spiro atoms. The van der Waals surface area contributed by atoms with Crippen LogP contribution < -0.4 is 10.0 Å². The van der Waals surface area contributed by atoms with Crippen LogP contribution in [0, 0.1) is 0 Å². The fraction of sp³-hybridized carbons (Fsp3) is 0.318. The molecule has 6 heteroatoms. The first-order valence-electron chi connectivity index (χ1n) is 9.66. The van der Waals surface area contributed by atoms with E-state index < -0.39 is 10.0 Å². The van der Waals surface area contributed by atoms with Crippen molar-refractivity contribution in [3.63, 3.8) is 0 Å². The minimum Gasteiger partial charge on any atom is -0.323 e. The smallest absolute Gasteiger partial charge is 0.248 e. The fourth-order valence-corrected chi connectivity index (χ4v) is 4.04. The minimum absolute atomic E-state index is 0.0778. The summed E-state index contributed by atoms with van der Waals surface area (Å²) < 4.78 is 27.0. The van der Waals surface area contributed by atoms with Crippen LogP contribution in [0.15, 0.2) is 59.5 Å². The van der Waals surface area contributed by atoms with E-state index in [-0.39, 0.29) is 16.8 Å². The summed E-state index contributed by atoms with van der Waals surface area (Å²) in [6, 6.07) is 14.4. The van der Waals surface area contributed by atoms with E-state index >= 15 is 0 Å². The molecular formula is C22H26N2O3S. The second-order valence-corrected chi connectivity index (χ2v) is 8.80. The minimum atomic E-state index is -3.45. The van der Waals surface area contributed by atoms with Gasteiger partial charge in [-0.2, -0.15) is 0 Å². The number of hydrogen-bond donors (Lipinski definition) is 2. The highest BCUT2D eigenvalue weighted by Gasteiger charge is 2.27. The molecule has 3 rings (SSSR count). The van der Waals surface area contributed by atoms with Crippen molar-refractivity contribution < 1.29 is 13.2 Å². The molecule has 0 heterocycles. The summed E-state index contributed by atoms with van der Waals surface area (Å²) in [4.78, 5) is 12.3. The third kappa shape index (κ3) is 6.04. The summed E-state index contributed by atoms with van der Waals surface area (Å²) >= 11 is 0. The Labute approximate surface area is 166 Å². The molecule has 148 valence electrons. The van der Waals surface area contributed by atoms with E-state index in [0.29, 0.717) is 0 Å². The molecule has 0 aliphatic heterocycles. The monoisotopic (exact) mass is 398 g/mol. The Morgan fingerprint density at radius 3 is 2.36 bits per heavy atom. The number of benzene rings is 2. The average molecular weight is 399 g/mol. The highest BCUT2D eigenvalue weighted by Crippen LogP contribution is 2.22. The number of aryl methyl sites for hydroxylation is 1. The topological polar surface area (TPSA) is 75.3 Å². The first-order valence-corrected chi connectivity index (χ1v) is 11.1. The second-order valence-electron chi connectivity index (χ2n) is 7.09. The van der Waals surface area contributed by atoms with Crippen LogP contribution in [0.3, 0.4) is 0 Å². The van der Waals surface area contributed by atoms with Gasteiger partial charge in [-0.1, -0.05) is 37.6 Å². The predicted octanol–water partition coefficient (Wildman–Crippen LogP) is 4.12. The van der Waals surface area contributed by atoms with Gasteiger partial charge in [0.25, 0.3) is 0 Å². The van der Waals surface area contributed by atoms with Gasteiger partial charge in [0.2, 0.25) is 15.9 Å². The number of sulfonamides is 1. The van der Waals surface area contributed by atoms with Gasteiger partial charge in [0.05, 0.1) is 4.90 Å². The molecule has 0 bridgehead atoms. The number of amides is 1. The Kier molecular flexibility index (Phi) is 6.65. The third-order valence-electron chi connectivity index (χ3n) is 4.56. The molecule has 0 unspecified atom stereocenters. The maximum atomic E-state index is 12.2. The number of carbonyl (C=O) groups is 1. The van der Waals surface area contributed by atoms with E-state index in [2.05, 4.69) is 17.0 Å². The molecule has 0 saturated heterocycles. The number of hydrogen-bond acceptors (Lipinski definition) is 3. The van der Waals surface area contributed by atoms with Crippen LogP contribution >= 0.6 is 0 Å². The summed E-state index contributed by atoms with van der Waals surface area (Å²) in [6.45, 7) is 2.17. The number of nitrogens with one attached hydrogen (secondary N) is 2. The first-order chi connectivity index (χ1) is 13.5. The molecule has 1 saturated carbocycles. The van der Waals surface area contributed by atoms with E-state index in [9.17, 15) is 13.2 Å². The summed E-state index contributed by atoms with van der Waals surface area (Å²) in [5, 5.41) is 2.83. The first kappa shape index (κ1) is 20.3. The van der Waals surface area contributed by atoms with Crippen LogP contribution in [0.2, 0.25) is 0 Å². The van der Waals surface area contributed by atoms with Crippen molar-refractivity contribution in [1.82, 2.24) is 4.72 Å². The molecule has 2 N–H and O–H groups in total. The Bertz CT molecular complexity index is 929. The maximum Gasteiger partial charge on any atom is 0.248 e. The van der Waals surface area contributed by atoms with Gasteiger partial charge < -0.3 is 5.32 Å². The Morgan fingerprint density at radius 1 is 1.07 bits per heavy atom. The quantitative estimate of drug-likeness (QED) is 0.624. The van der Waals surface area contributed by atoms with E-state index in [1.165, 1.54) is 11.6 Å².